The van der Waals surface area contributed by atoms with Crippen LogP contribution in [0.3, 0.4) is 0 Å². The van der Waals surface area contributed by atoms with Gasteiger partial charge in [-0.15, -0.1) is 0 Å². The summed E-state index contributed by atoms with van der Waals surface area (Å²) in [4.78, 5) is 14.6. The average molecular weight is 280 g/mol. The molecule has 3 rings (SSSR count). The van der Waals surface area contributed by atoms with Crippen LogP contribution in [0.15, 0.2) is 0 Å². The lowest BCUT2D eigenvalue weighted by Gasteiger charge is -2.35. The summed E-state index contributed by atoms with van der Waals surface area (Å²) in [5.41, 5.74) is 0. The smallest absolute Gasteiger partial charge is 0.234 e. The largest absolute Gasteiger partial charge is 0.396 e. The van der Waals surface area contributed by atoms with E-state index in [1.165, 1.54) is 38.5 Å². The Morgan fingerprint density at radius 2 is 1.85 bits per heavy atom. The first-order chi connectivity index (χ1) is 9.78. The normalized spacial score (nSPS) is 27.8. The van der Waals surface area contributed by atoms with Crippen molar-refractivity contribution < 1.29 is 9.90 Å². The van der Waals surface area contributed by atoms with Gasteiger partial charge in [0, 0.05) is 18.7 Å². The molecule has 0 aromatic carbocycles. The number of aliphatic hydroxyl groups excluding tert-OH is 1. The van der Waals surface area contributed by atoms with Gasteiger partial charge in [0.2, 0.25) is 5.91 Å². The van der Waals surface area contributed by atoms with Gasteiger partial charge in [0.05, 0.1) is 6.54 Å². The maximum absolute atomic E-state index is 12.3. The molecule has 0 aromatic heterocycles. The van der Waals surface area contributed by atoms with E-state index in [4.69, 9.17) is 5.11 Å². The van der Waals surface area contributed by atoms with Crippen LogP contribution in [-0.4, -0.2) is 47.7 Å². The number of rotatable bonds is 7. The standard InChI is InChI=1S/C16H28N2O2/c19-10-8-14-3-1-2-9-18(14)11-15(20)17-16(12-4-5-12)13-6-7-13/h12-14,16,19H,1-11H2,(H,17,20)/t14-/m1/s1. The first-order valence-corrected chi connectivity index (χ1v) is 8.42. The van der Waals surface area contributed by atoms with Crippen LogP contribution in [0, 0.1) is 11.8 Å². The minimum Gasteiger partial charge on any atom is -0.396 e. The number of hydrogen-bond acceptors (Lipinski definition) is 3. The number of piperidine rings is 1. The maximum atomic E-state index is 12.3. The number of nitrogens with one attached hydrogen (secondary N) is 1. The van der Waals surface area contributed by atoms with E-state index in [1.54, 1.807) is 0 Å². The molecule has 1 atom stereocenters. The van der Waals surface area contributed by atoms with Gasteiger partial charge in [-0.05, 0) is 63.3 Å². The fourth-order valence-corrected chi connectivity index (χ4v) is 3.69. The zero-order valence-corrected chi connectivity index (χ0v) is 12.4. The number of likely N-dealkylation sites (tertiary alicyclic amines) is 1. The number of carbonyl (C=O) groups excluding carboxylic acids is 1. The molecule has 20 heavy (non-hydrogen) atoms. The van der Waals surface area contributed by atoms with Gasteiger partial charge in [-0.25, -0.2) is 0 Å². The van der Waals surface area contributed by atoms with Crippen LogP contribution in [0.1, 0.15) is 51.4 Å². The molecular weight excluding hydrogens is 252 g/mol. The molecule has 1 aliphatic heterocycles. The van der Waals surface area contributed by atoms with E-state index in [2.05, 4.69) is 10.2 Å². The molecule has 114 valence electrons. The zero-order valence-electron chi connectivity index (χ0n) is 12.4. The lowest BCUT2D eigenvalue weighted by Crippen LogP contribution is -2.48. The maximum Gasteiger partial charge on any atom is 0.234 e. The molecule has 0 spiro atoms. The molecular formula is C16H28N2O2. The number of nitrogens with zero attached hydrogens (tertiary/aromatic N) is 1. The molecule has 4 heteroatoms. The van der Waals surface area contributed by atoms with E-state index in [9.17, 15) is 4.79 Å². The summed E-state index contributed by atoms with van der Waals surface area (Å²) in [5.74, 6) is 1.74. The summed E-state index contributed by atoms with van der Waals surface area (Å²) in [6.07, 6.45) is 9.57. The first-order valence-electron chi connectivity index (χ1n) is 8.42. The highest BCUT2D eigenvalue weighted by Crippen LogP contribution is 2.44. The second-order valence-electron chi connectivity index (χ2n) is 6.90. The molecule has 1 amide bonds. The van der Waals surface area contributed by atoms with E-state index < -0.39 is 0 Å². The number of carbonyl (C=O) groups is 1. The third kappa shape index (κ3) is 3.73. The molecule has 1 heterocycles. The summed E-state index contributed by atoms with van der Waals surface area (Å²) in [6, 6.07) is 0.864. The van der Waals surface area contributed by atoms with Crippen molar-refractivity contribution in [3.05, 3.63) is 0 Å². The van der Waals surface area contributed by atoms with E-state index in [0.717, 1.165) is 31.2 Å². The summed E-state index contributed by atoms with van der Waals surface area (Å²) >= 11 is 0. The Hall–Kier alpha value is -0.610. The predicted octanol–water partition coefficient (Wildman–Crippen LogP) is 1.53. The fourth-order valence-electron chi connectivity index (χ4n) is 3.69. The molecule has 0 bridgehead atoms. The van der Waals surface area contributed by atoms with Gasteiger partial charge >= 0.3 is 0 Å². The van der Waals surface area contributed by atoms with Crippen LogP contribution in [0.5, 0.6) is 0 Å². The molecule has 2 saturated carbocycles. The summed E-state index contributed by atoms with van der Waals surface area (Å²) in [6.45, 7) is 1.77. The van der Waals surface area contributed by atoms with Crippen molar-refractivity contribution in [1.82, 2.24) is 10.2 Å². The van der Waals surface area contributed by atoms with E-state index in [0.29, 0.717) is 18.6 Å². The third-order valence-electron chi connectivity index (χ3n) is 5.15. The fraction of sp³-hybridized carbons (Fsp3) is 0.938. The van der Waals surface area contributed by atoms with Gasteiger partial charge in [0.15, 0.2) is 0 Å². The first kappa shape index (κ1) is 14.3. The second kappa shape index (κ2) is 6.44. The SMILES string of the molecule is O=C(CN1CCCC[C@@H]1CCO)NC(C1CC1)C1CC1. The quantitative estimate of drug-likeness (QED) is 0.743. The van der Waals surface area contributed by atoms with Crippen molar-refractivity contribution in [2.75, 3.05) is 19.7 Å². The molecule has 0 radical (unpaired) electrons. The van der Waals surface area contributed by atoms with Crippen LogP contribution in [0.2, 0.25) is 0 Å². The van der Waals surface area contributed by atoms with Crippen molar-refractivity contribution in [1.29, 1.82) is 0 Å². The highest BCUT2D eigenvalue weighted by molar-refractivity contribution is 5.78. The molecule has 2 aliphatic carbocycles. The Labute approximate surface area is 121 Å². The monoisotopic (exact) mass is 280 g/mol. The predicted molar refractivity (Wildman–Crippen MR) is 78.3 cm³/mol. The van der Waals surface area contributed by atoms with E-state index in [1.807, 2.05) is 0 Å². The zero-order chi connectivity index (χ0) is 13.9. The molecule has 3 aliphatic rings. The molecule has 2 N–H and O–H groups in total. The summed E-state index contributed by atoms with van der Waals surface area (Å²) < 4.78 is 0. The van der Waals surface area contributed by atoms with Crippen molar-refractivity contribution >= 4 is 5.91 Å². The molecule has 0 unspecified atom stereocenters. The lowest BCUT2D eigenvalue weighted by atomic mass is 9.99. The summed E-state index contributed by atoms with van der Waals surface area (Å²) in [5, 5.41) is 12.5. The van der Waals surface area contributed by atoms with Crippen molar-refractivity contribution in [3.63, 3.8) is 0 Å². The van der Waals surface area contributed by atoms with Crippen LogP contribution < -0.4 is 5.32 Å². The van der Waals surface area contributed by atoms with Crippen molar-refractivity contribution in [2.45, 2.75) is 63.5 Å². The van der Waals surface area contributed by atoms with E-state index >= 15 is 0 Å². The van der Waals surface area contributed by atoms with Crippen molar-refractivity contribution in [3.8, 4) is 0 Å². The third-order valence-corrected chi connectivity index (χ3v) is 5.15. The van der Waals surface area contributed by atoms with Gasteiger partial charge < -0.3 is 10.4 Å². The number of aliphatic hydroxyl groups is 1. The van der Waals surface area contributed by atoms with Crippen LogP contribution in [0.4, 0.5) is 0 Å². The van der Waals surface area contributed by atoms with Gasteiger partial charge in [-0.1, -0.05) is 6.42 Å². The average Bonchev–Trinajstić information content (AvgIpc) is 3.31. The Morgan fingerprint density at radius 3 is 2.45 bits per heavy atom. The van der Waals surface area contributed by atoms with Gasteiger partial charge in [-0.2, -0.15) is 0 Å². The van der Waals surface area contributed by atoms with Gasteiger partial charge in [0.25, 0.3) is 0 Å². The van der Waals surface area contributed by atoms with Gasteiger partial charge in [-0.3, -0.25) is 9.69 Å². The van der Waals surface area contributed by atoms with Gasteiger partial charge in [0.1, 0.15) is 0 Å². The number of amides is 1. The molecule has 1 saturated heterocycles. The minimum absolute atomic E-state index is 0.207. The van der Waals surface area contributed by atoms with E-state index in [-0.39, 0.29) is 12.5 Å². The van der Waals surface area contributed by atoms with Crippen LogP contribution >= 0.6 is 0 Å². The summed E-state index contributed by atoms with van der Waals surface area (Å²) in [7, 11) is 0. The van der Waals surface area contributed by atoms with Crippen LogP contribution in [-0.2, 0) is 4.79 Å². The Morgan fingerprint density at radius 1 is 1.15 bits per heavy atom. The second-order valence-corrected chi connectivity index (χ2v) is 6.90. The lowest BCUT2D eigenvalue weighted by molar-refractivity contribution is -0.124. The molecule has 3 fully saturated rings. The highest BCUT2D eigenvalue weighted by atomic mass is 16.3. The Bertz CT molecular complexity index is 325. The highest BCUT2D eigenvalue weighted by Gasteiger charge is 2.42. The minimum atomic E-state index is 0.207. The Balaban J connectivity index is 1.48. The number of hydrogen-bond donors (Lipinski definition) is 2. The topological polar surface area (TPSA) is 52.6 Å². The van der Waals surface area contributed by atoms with Crippen molar-refractivity contribution in [2.24, 2.45) is 11.8 Å². The van der Waals surface area contributed by atoms with Crippen LogP contribution in [0.25, 0.3) is 0 Å². The molecule has 0 aromatic rings. The Kier molecular flexibility index (Phi) is 4.61. The molecule has 4 nitrogen and oxygen atoms in total.